The average molecular weight is 399 g/mol. The Kier molecular flexibility index (Phi) is 7.20. The second-order valence-corrected chi connectivity index (χ2v) is 5.62. The second kappa shape index (κ2) is 8.40. The highest BCUT2D eigenvalue weighted by Gasteiger charge is 2.47. The molecule has 8 heteroatoms. The van der Waals surface area contributed by atoms with Crippen LogP contribution in [0.15, 0.2) is 0 Å². The molecule has 0 bridgehead atoms. The molecule has 2 atom stereocenters. The fourth-order valence-corrected chi connectivity index (χ4v) is 2.61. The number of ether oxygens (including phenoxy) is 1. The molecule has 0 radical (unpaired) electrons. The Labute approximate surface area is 130 Å². The van der Waals surface area contributed by atoms with Crippen molar-refractivity contribution in [3.63, 3.8) is 0 Å². The number of likely N-dealkylation sites (tertiary alicyclic amines) is 1. The minimum atomic E-state index is -1.55. The number of nitrogens with zero attached hydrogens (tertiary/aromatic N) is 1. The van der Waals surface area contributed by atoms with Gasteiger partial charge in [-0.2, -0.15) is 0 Å². The van der Waals surface area contributed by atoms with Crippen LogP contribution in [-0.4, -0.2) is 56.3 Å². The average Bonchev–Trinajstić information content (AvgIpc) is 2.71. The smallest absolute Gasteiger partial charge is 0.414 e. The molecular weight excluding hydrogens is 381 g/mol. The van der Waals surface area contributed by atoms with E-state index in [9.17, 15) is 14.4 Å². The zero-order chi connectivity index (χ0) is 15.1. The van der Waals surface area contributed by atoms with Crippen LogP contribution >= 0.6 is 22.6 Å². The van der Waals surface area contributed by atoms with Gasteiger partial charge in [-0.05, 0) is 17.3 Å². The first-order chi connectivity index (χ1) is 9.49. The van der Waals surface area contributed by atoms with Gasteiger partial charge in [-0.1, -0.05) is 35.4 Å². The van der Waals surface area contributed by atoms with Crippen LogP contribution in [0, 0.1) is 0 Å². The summed E-state index contributed by atoms with van der Waals surface area (Å²) in [5.74, 6) is -2.11. The zero-order valence-electron chi connectivity index (χ0n) is 11.0. The molecule has 0 aromatic carbocycles. The third-order valence-electron chi connectivity index (χ3n) is 3.10. The van der Waals surface area contributed by atoms with Crippen molar-refractivity contribution in [2.45, 2.75) is 44.2 Å². The lowest BCUT2D eigenvalue weighted by Crippen LogP contribution is -2.42. The number of hydrogen-bond donors (Lipinski definition) is 2. The minimum Gasteiger partial charge on any atom is -0.480 e. The first-order valence-corrected chi connectivity index (χ1v) is 7.98. The van der Waals surface area contributed by atoms with Crippen LogP contribution in [0.3, 0.4) is 0 Å². The number of carboxylic acids is 1. The molecule has 1 aliphatic rings. The Hall–Kier alpha value is -0.900. The lowest BCUT2D eigenvalue weighted by atomic mass is 10.2. The van der Waals surface area contributed by atoms with E-state index < -0.39 is 30.1 Å². The van der Waals surface area contributed by atoms with Gasteiger partial charge < -0.3 is 14.9 Å². The number of imide groups is 1. The SMILES string of the molecule is O=C(O)C1CC(OCCCCCCI)C(=O)N1C(=O)O. The Morgan fingerprint density at radius 3 is 2.40 bits per heavy atom. The van der Waals surface area contributed by atoms with Gasteiger partial charge in [0, 0.05) is 13.0 Å². The number of rotatable bonds is 8. The van der Waals surface area contributed by atoms with Crippen LogP contribution in [0.1, 0.15) is 32.1 Å². The summed E-state index contributed by atoms with van der Waals surface area (Å²) in [6, 6.07) is -1.34. The molecule has 1 fully saturated rings. The summed E-state index contributed by atoms with van der Waals surface area (Å²) in [5.41, 5.74) is 0. The van der Waals surface area contributed by atoms with Crippen molar-refractivity contribution in [1.82, 2.24) is 4.90 Å². The van der Waals surface area contributed by atoms with Crippen molar-refractivity contribution in [2.24, 2.45) is 0 Å². The summed E-state index contributed by atoms with van der Waals surface area (Å²) in [4.78, 5) is 34.0. The number of aliphatic carboxylic acids is 1. The monoisotopic (exact) mass is 399 g/mol. The van der Waals surface area contributed by atoms with Gasteiger partial charge in [-0.15, -0.1) is 0 Å². The number of carbonyl (C=O) groups is 3. The molecule has 114 valence electrons. The largest absolute Gasteiger partial charge is 0.480 e. The van der Waals surface area contributed by atoms with Gasteiger partial charge in [0.05, 0.1) is 0 Å². The molecule has 2 amide bonds. The Morgan fingerprint density at radius 1 is 1.25 bits per heavy atom. The molecule has 2 N–H and O–H groups in total. The standard InChI is InChI=1S/C12H18INO6/c13-5-3-1-2-4-6-20-9-7-8(11(16)17)14(10(9)15)12(18)19/h8-9H,1-7H2,(H,16,17)(H,18,19). The predicted octanol–water partition coefficient (Wildman–Crippen LogP) is 1.73. The molecule has 1 aliphatic heterocycles. The van der Waals surface area contributed by atoms with Gasteiger partial charge in [0.15, 0.2) is 0 Å². The topological polar surface area (TPSA) is 104 Å². The van der Waals surface area contributed by atoms with Crippen molar-refractivity contribution < 1.29 is 29.3 Å². The third kappa shape index (κ3) is 4.58. The number of alkyl halides is 1. The Morgan fingerprint density at radius 2 is 1.90 bits per heavy atom. The maximum absolute atomic E-state index is 11.8. The first-order valence-electron chi connectivity index (χ1n) is 6.45. The zero-order valence-corrected chi connectivity index (χ0v) is 13.1. The molecule has 2 unspecified atom stereocenters. The van der Waals surface area contributed by atoms with Crippen molar-refractivity contribution in [3.05, 3.63) is 0 Å². The molecule has 1 rings (SSSR count). The van der Waals surface area contributed by atoms with Crippen LogP contribution in [0.25, 0.3) is 0 Å². The lowest BCUT2D eigenvalue weighted by Gasteiger charge is -2.14. The van der Waals surface area contributed by atoms with Crippen molar-refractivity contribution in [2.75, 3.05) is 11.0 Å². The quantitative estimate of drug-likeness (QED) is 0.366. The molecule has 0 aromatic heterocycles. The van der Waals surface area contributed by atoms with E-state index >= 15 is 0 Å². The number of carboxylic acid groups (broad SMARTS) is 2. The Bertz CT molecular complexity index is 375. The third-order valence-corrected chi connectivity index (χ3v) is 3.86. The molecule has 1 saturated heterocycles. The van der Waals surface area contributed by atoms with Gasteiger partial charge in [0.1, 0.15) is 12.1 Å². The van der Waals surface area contributed by atoms with Crippen LogP contribution < -0.4 is 0 Å². The summed E-state index contributed by atoms with van der Waals surface area (Å²) in [6.45, 7) is 0.345. The summed E-state index contributed by atoms with van der Waals surface area (Å²) in [6.07, 6.45) is 1.36. The number of hydrogen-bond acceptors (Lipinski definition) is 4. The minimum absolute atomic E-state index is 0.117. The number of amides is 2. The molecule has 0 aromatic rings. The van der Waals surface area contributed by atoms with E-state index in [1.165, 1.54) is 0 Å². The van der Waals surface area contributed by atoms with Gasteiger partial charge in [-0.3, -0.25) is 4.79 Å². The predicted molar refractivity (Wildman–Crippen MR) is 78.0 cm³/mol. The molecule has 7 nitrogen and oxygen atoms in total. The number of carbonyl (C=O) groups excluding carboxylic acids is 1. The van der Waals surface area contributed by atoms with E-state index in [2.05, 4.69) is 22.6 Å². The van der Waals surface area contributed by atoms with Gasteiger partial charge in [0.25, 0.3) is 5.91 Å². The van der Waals surface area contributed by atoms with E-state index in [4.69, 9.17) is 14.9 Å². The first kappa shape index (κ1) is 17.2. The molecule has 0 spiro atoms. The van der Waals surface area contributed by atoms with Crippen LogP contribution in [0.4, 0.5) is 4.79 Å². The maximum Gasteiger partial charge on any atom is 0.414 e. The molecule has 20 heavy (non-hydrogen) atoms. The normalized spacial score (nSPS) is 22.2. The summed E-state index contributed by atoms with van der Waals surface area (Å²) in [7, 11) is 0. The van der Waals surface area contributed by atoms with Crippen LogP contribution in [0.2, 0.25) is 0 Å². The van der Waals surface area contributed by atoms with Gasteiger partial charge in [-0.25, -0.2) is 14.5 Å². The van der Waals surface area contributed by atoms with Crippen LogP contribution in [-0.2, 0) is 14.3 Å². The summed E-state index contributed by atoms with van der Waals surface area (Å²) < 4.78 is 6.44. The highest BCUT2D eigenvalue weighted by molar-refractivity contribution is 14.1. The fourth-order valence-electron chi connectivity index (χ4n) is 2.07. The van der Waals surface area contributed by atoms with E-state index in [1.807, 2.05) is 0 Å². The van der Waals surface area contributed by atoms with E-state index in [0.29, 0.717) is 11.5 Å². The van der Waals surface area contributed by atoms with Crippen molar-refractivity contribution in [3.8, 4) is 0 Å². The van der Waals surface area contributed by atoms with Crippen molar-refractivity contribution >= 4 is 40.6 Å². The summed E-state index contributed by atoms with van der Waals surface area (Å²) >= 11 is 2.31. The van der Waals surface area contributed by atoms with Gasteiger partial charge >= 0.3 is 12.1 Å². The molecule has 0 saturated carbocycles. The molecule has 0 aliphatic carbocycles. The number of unbranched alkanes of at least 4 members (excludes halogenated alkanes) is 3. The van der Waals surface area contributed by atoms with Crippen molar-refractivity contribution in [1.29, 1.82) is 0 Å². The molecule has 1 heterocycles. The highest BCUT2D eigenvalue weighted by atomic mass is 127. The fraction of sp³-hybridized carbons (Fsp3) is 0.750. The second-order valence-electron chi connectivity index (χ2n) is 4.54. The van der Waals surface area contributed by atoms with E-state index in [-0.39, 0.29) is 6.42 Å². The highest BCUT2D eigenvalue weighted by Crippen LogP contribution is 2.22. The van der Waals surface area contributed by atoms with E-state index in [1.54, 1.807) is 0 Å². The Balaban J connectivity index is 2.42. The lowest BCUT2D eigenvalue weighted by molar-refractivity contribution is -0.145. The van der Waals surface area contributed by atoms with E-state index in [0.717, 1.165) is 30.1 Å². The molecular formula is C12H18INO6. The van der Waals surface area contributed by atoms with Crippen LogP contribution in [0.5, 0.6) is 0 Å². The number of halogens is 1. The summed E-state index contributed by atoms with van der Waals surface area (Å²) in [5, 5.41) is 17.8. The van der Waals surface area contributed by atoms with Gasteiger partial charge in [0.2, 0.25) is 0 Å². The maximum atomic E-state index is 11.8.